The van der Waals surface area contributed by atoms with Crippen LogP contribution < -0.4 is 10.6 Å². The molecule has 4 heterocycles. The molecule has 154 valence electrons. The third-order valence-corrected chi connectivity index (χ3v) is 7.08. The molecule has 0 aromatic heterocycles. The van der Waals surface area contributed by atoms with Gasteiger partial charge >= 0.3 is 0 Å². The summed E-state index contributed by atoms with van der Waals surface area (Å²) in [5.74, 6) is 0.450. The Labute approximate surface area is 169 Å². The number of nitrogens with zero attached hydrogens (tertiary/aromatic N) is 1. The molecule has 7 nitrogen and oxygen atoms in total. The Morgan fingerprint density at radius 1 is 1.21 bits per heavy atom. The van der Waals surface area contributed by atoms with Gasteiger partial charge < -0.3 is 25.0 Å². The molecule has 0 aliphatic carbocycles. The Kier molecular flexibility index (Phi) is 5.13. The number of aliphatic hydroxyl groups excluding tert-OH is 2. The standard InChI is InChI=1S/C20H28ClN3O4/c1-10-13-4-6-24(19(13)23-9-22-10)20-16(26)15(25)18(28-20)17-14-8-12(21)3-2-11(14)5-7-27-17/h2-3,8,10,13,15-20,22-23,25-26H,4-7,9H2,1H3/t10?,13?,15-,16+,17+,18-,19?,20+/m0/s1. The molecule has 3 fully saturated rings. The molecule has 3 unspecified atom stereocenters. The van der Waals surface area contributed by atoms with E-state index < -0.39 is 30.6 Å². The van der Waals surface area contributed by atoms with Crippen LogP contribution in [0.4, 0.5) is 0 Å². The van der Waals surface area contributed by atoms with Crippen molar-refractivity contribution in [2.24, 2.45) is 5.92 Å². The topological polar surface area (TPSA) is 86.2 Å². The number of aliphatic hydroxyl groups is 2. The summed E-state index contributed by atoms with van der Waals surface area (Å²) in [6.07, 6.45) is -1.65. The molecule has 4 N–H and O–H groups in total. The SMILES string of the molecule is CC1NCNC2C1CCN2[C@@H]1O[C@H]([C@@H]2OCCc3ccc(Cl)cc32)[C@@H](O)[C@H]1O. The van der Waals surface area contributed by atoms with Crippen LogP contribution in [0.1, 0.15) is 30.6 Å². The second kappa shape index (κ2) is 7.49. The summed E-state index contributed by atoms with van der Waals surface area (Å²) < 4.78 is 12.3. The van der Waals surface area contributed by atoms with Crippen LogP contribution in [-0.4, -0.2) is 71.7 Å². The molecule has 3 saturated heterocycles. The first-order valence-electron chi connectivity index (χ1n) is 10.2. The predicted octanol–water partition coefficient (Wildman–Crippen LogP) is 0.587. The number of hydrogen-bond donors (Lipinski definition) is 4. The van der Waals surface area contributed by atoms with E-state index in [9.17, 15) is 10.2 Å². The van der Waals surface area contributed by atoms with Gasteiger partial charge in [-0.2, -0.15) is 0 Å². The van der Waals surface area contributed by atoms with E-state index in [-0.39, 0.29) is 6.17 Å². The second-order valence-corrected chi connectivity index (χ2v) is 8.80. The first kappa shape index (κ1) is 19.2. The van der Waals surface area contributed by atoms with Crippen LogP contribution in [-0.2, 0) is 15.9 Å². The van der Waals surface area contributed by atoms with Gasteiger partial charge in [0.25, 0.3) is 0 Å². The molecule has 4 aliphatic rings. The van der Waals surface area contributed by atoms with Crippen LogP contribution in [0.3, 0.4) is 0 Å². The lowest BCUT2D eigenvalue weighted by Crippen LogP contribution is -2.61. The van der Waals surface area contributed by atoms with E-state index in [0.717, 1.165) is 37.2 Å². The maximum atomic E-state index is 10.8. The Bertz CT molecular complexity index is 737. The van der Waals surface area contributed by atoms with Crippen LogP contribution in [0.15, 0.2) is 18.2 Å². The molecule has 0 radical (unpaired) electrons. The maximum Gasteiger partial charge on any atom is 0.141 e. The van der Waals surface area contributed by atoms with Crippen molar-refractivity contribution in [1.82, 2.24) is 15.5 Å². The third kappa shape index (κ3) is 3.09. The van der Waals surface area contributed by atoms with Crippen molar-refractivity contribution in [2.75, 3.05) is 19.8 Å². The summed E-state index contributed by atoms with van der Waals surface area (Å²) in [5.41, 5.74) is 2.10. The van der Waals surface area contributed by atoms with Gasteiger partial charge in [0.15, 0.2) is 0 Å². The Morgan fingerprint density at radius 3 is 2.93 bits per heavy atom. The predicted molar refractivity (Wildman–Crippen MR) is 104 cm³/mol. The van der Waals surface area contributed by atoms with E-state index in [0.29, 0.717) is 23.6 Å². The van der Waals surface area contributed by atoms with Crippen molar-refractivity contribution in [1.29, 1.82) is 0 Å². The van der Waals surface area contributed by atoms with Crippen LogP contribution in [0.25, 0.3) is 0 Å². The number of benzene rings is 1. The number of ether oxygens (including phenoxy) is 2. The van der Waals surface area contributed by atoms with E-state index in [1.807, 2.05) is 18.2 Å². The highest BCUT2D eigenvalue weighted by atomic mass is 35.5. The average molecular weight is 410 g/mol. The van der Waals surface area contributed by atoms with Gasteiger partial charge in [-0.15, -0.1) is 0 Å². The largest absolute Gasteiger partial charge is 0.387 e. The number of nitrogens with one attached hydrogen (secondary N) is 2. The quantitative estimate of drug-likeness (QED) is 0.568. The summed E-state index contributed by atoms with van der Waals surface area (Å²) in [7, 11) is 0. The van der Waals surface area contributed by atoms with E-state index in [2.05, 4.69) is 22.5 Å². The molecular formula is C20H28ClN3O4. The fourth-order valence-electron chi connectivity index (χ4n) is 5.32. The van der Waals surface area contributed by atoms with E-state index in [1.165, 1.54) is 0 Å². The van der Waals surface area contributed by atoms with Gasteiger partial charge in [0, 0.05) is 30.2 Å². The minimum Gasteiger partial charge on any atom is -0.387 e. The highest BCUT2D eigenvalue weighted by Gasteiger charge is 2.53. The first-order valence-corrected chi connectivity index (χ1v) is 10.6. The molecule has 28 heavy (non-hydrogen) atoms. The zero-order chi connectivity index (χ0) is 19.4. The Hall–Kier alpha value is -0.770. The average Bonchev–Trinajstić information content (AvgIpc) is 3.24. The number of fused-ring (bicyclic) bond motifs is 2. The normalized spacial score (nSPS) is 43.7. The van der Waals surface area contributed by atoms with Crippen molar-refractivity contribution in [3.63, 3.8) is 0 Å². The lowest BCUT2D eigenvalue weighted by molar-refractivity contribution is -0.141. The van der Waals surface area contributed by atoms with Gasteiger partial charge in [-0.05, 0) is 43.0 Å². The first-order chi connectivity index (χ1) is 13.5. The Morgan fingerprint density at radius 2 is 2.07 bits per heavy atom. The van der Waals surface area contributed by atoms with Crippen molar-refractivity contribution >= 4 is 11.6 Å². The van der Waals surface area contributed by atoms with Gasteiger partial charge in [0.05, 0.1) is 12.8 Å². The molecule has 0 spiro atoms. The van der Waals surface area contributed by atoms with Crippen LogP contribution >= 0.6 is 11.6 Å². The van der Waals surface area contributed by atoms with E-state index in [1.54, 1.807) is 0 Å². The lowest BCUT2D eigenvalue weighted by Gasteiger charge is -2.40. The van der Waals surface area contributed by atoms with Crippen LogP contribution in [0.5, 0.6) is 0 Å². The van der Waals surface area contributed by atoms with Crippen LogP contribution in [0, 0.1) is 5.92 Å². The van der Waals surface area contributed by atoms with Gasteiger partial charge in [0.1, 0.15) is 30.6 Å². The zero-order valence-corrected chi connectivity index (χ0v) is 16.7. The van der Waals surface area contributed by atoms with E-state index in [4.69, 9.17) is 21.1 Å². The fraction of sp³-hybridized carbons (Fsp3) is 0.700. The van der Waals surface area contributed by atoms with Crippen molar-refractivity contribution in [3.05, 3.63) is 34.3 Å². The van der Waals surface area contributed by atoms with Crippen molar-refractivity contribution in [2.45, 2.75) is 62.6 Å². The van der Waals surface area contributed by atoms with Gasteiger partial charge in [-0.25, -0.2) is 0 Å². The second-order valence-electron chi connectivity index (χ2n) is 8.37. The molecular weight excluding hydrogens is 382 g/mol. The molecule has 8 heteroatoms. The maximum absolute atomic E-state index is 10.8. The van der Waals surface area contributed by atoms with Gasteiger partial charge in [-0.3, -0.25) is 10.2 Å². The molecule has 0 saturated carbocycles. The lowest BCUT2D eigenvalue weighted by atomic mass is 9.92. The molecule has 1 aromatic carbocycles. The Balaban J connectivity index is 1.39. The summed E-state index contributed by atoms with van der Waals surface area (Å²) in [4.78, 5) is 2.16. The highest BCUT2D eigenvalue weighted by Crippen LogP contribution is 2.41. The fourth-order valence-corrected chi connectivity index (χ4v) is 5.50. The summed E-state index contributed by atoms with van der Waals surface area (Å²) in [6.45, 7) is 4.31. The molecule has 0 amide bonds. The van der Waals surface area contributed by atoms with Crippen molar-refractivity contribution < 1.29 is 19.7 Å². The van der Waals surface area contributed by atoms with Crippen LogP contribution in [0.2, 0.25) is 5.02 Å². The number of halogens is 1. The molecule has 0 bridgehead atoms. The third-order valence-electron chi connectivity index (χ3n) is 6.84. The van der Waals surface area contributed by atoms with Crippen molar-refractivity contribution in [3.8, 4) is 0 Å². The molecule has 5 rings (SSSR count). The minimum atomic E-state index is -1.02. The van der Waals surface area contributed by atoms with Gasteiger partial charge in [-0.1, -0.05) is 17.7 Å². The smallest absolute Gasteiger partial charge is 0.141 e. The summed E-state index contributed by atoms with van der Waals surface area (Å²) in [6, 6.07) is 6.18. The zero-order valence-electron chi connectivity index (χ0n) is 15.9. The molecule has 8 atom stereocenters. The monoisotopic (exact) mass is 409 g/mol. The summed E-state index contributed by atoms with van der Waals surface area (Å²) in [5, 5.41) is 29.2. The number of rotatable bonds is 2. The van der Waals surface area contributed by atoms with E-state index >= 15 is 0 Å². The summed E-state index contributed by atoms with van der Waals surface area (Å²) >= 11 is 6.21. The molecule has 4 aliphatic heterocycles. The van der Waals surface area contributed by atoms with Gasteiger partial charge in [0.2, 0.25) is 0 Å². The minimum absolute atomic E-state index is 0.135. The number of hydrogen-bond acceptors (Lipinski definition) is 7. The number of likely N-dealkylation sites (tertiary alicyclic amines) is 1. The molecule has 1 aromatic rings. The highest BCUT2D eigenvalue weighted by molar-refractivity contribution is 6.30.